The van der Waals surface area contributed by atoms with Crippen molar-refractivity contribution in [1.29, 1.82) is 0 Å². The number of hydrogen-bond acceptors (Lipinski definition) is 5. The first-order valence-corrected chi connectivity index (χ1v) is 10.3. The van der Waals surface area contributed by atoms with Crippen LogP contribution in [0.1, 0.15) is 10.4 Å². The van der Waals surface area contributed by atoms with Crippen LogP contribution in [0.3, 0.4) is 0 Å². The van der Waals surface area contributed by atoms with Gasteiger partial charge in [-0.3, -0.25) is 4.79 Å². The third-order valence-corrected chi connectivity index (χ3v) is 5.24. The topological polar surface area (TPSA) is 94.8 Å². The maximum atomic E-state index is 14.8. The third kappa shape index (κ3) is 5.27. The third-order valence-electron chi connectivity index (χ3n) is 4.74. The first-order chi connectivity index (χ1) is 15.8. The van der Waals surface area contributed by atoms with Gasteiger partial charge < -0.3 is 30.6 Å². The number of halogens is 2. The number of carbonyl (C=O) groups excluding carboxylic acids is 1. The summed E-state index contributed by atoms with van der Waals surface area (Å²) in [6, 6.07) is 12.7. The minimum Gasteiger partial charge on any atom is -0.496 e. The molecular weight excluding hydrogens is 469 g/mol. The van der Waals surface area contributed by atoms with E-state index < -0.39 is 11.7 Å². The number of hydrogen-bond donors (Lipinski definition) is 3. The summed E-state index contributed by atoms with van der Waals surface area (Å²) in [5.41, 5.74) is 6.81. The molecule has 10 heteroatoms. The number of amides is 1. The Morgan fingerprint density at radius 1 is 0.939 bits per heavy atom. The molecule has 0 aliphatic carbocycles. The van der Waals surface area contributed by atoms with E-state index in [2.05, 4.69) is 10.6 Å². The molecule has 3 aromatic carbocycles. The van der Waals surface area contributed by atoms with E-state index in [-0.39, 0.29) is 16.2 Å². The largest absolute Gasteiger partial charge is 0.496 e. The Balaban J connectivity index is 1.85. The number of thiocarbonyl (C=S) groups is 1. The molecule has 0 aliphatic rings. The number of anilines is 2. The number of primary amides is 1. The lowest BCUT2D eigenvalue weighted by molar-refractivity contribution is 0.0996. The van der Waals surface area contributed by atoms with E-state index in [1.807, 2.05) is 0 Å². The van der Waals surface area contributed by atoms with Gasteiger partial charge in [0, 0.05) is 28.9 Å². The van der Waals surface area contributed by atoms with Gasteiger partial charge in [-0.05, 0) is 36.5 Å². The standard InChI is InChI=1S/C23H21ClFN3O4S/c1-30-18-9-12(7-8-13(18)14-5-4-6-15(21(14)25)22(26)29)27-23(33)28-17-10-16(24)19(31-2)11-20(17)32-3/h4-11H,1-3H3,(H2,26,29)(H2,27,28,33). The fourth-order valence-corrected chi connectivity index (χ4v) is 3.63. The minimum absolute atomic E-state index is 0.188. The van der Waals surface area contributed by atoms with Gasteiger partial charge in [0.2, 0.25) is 0 Å². The number of methoxy groups -OCH3 is 3. The summed E-state index contributed by atoms with van der Waals surface area (Å²) in [5, 5.41) is 6.69. The predicted molar refractivity (Wildman–Crippen MR) is 131 cm³/mol. The molecule has 0 atom stereocenters. The molecule has 0 saturated heterocycles. The van der Waals surface area contributed by atoms with Crippen LogP contribution in [-0.2, 0) is 0 Å². The summed E-state index contributed by atoms with van der Waals surface area (Å²) in [7, 11) is 4.48. The van der Waals surface area contributed by atoms with Crippen molar-refractivity contribution < 1.29 is 23.4 Å². The molecule has 0 heterocycles. The normalized spacial score (nSPS) is 10.3. The first kappa shape index (κ1) is 24.1. The van der Waals surface area contributed by atoms with Crippen molar-refractivity contribution in [3.8, 4) is 28.4 Å². The van der Waals surface area contributed by atoms with Gasteiger partial charge in [0.1, 0.15) is 23.1 Å². The molecule has 0 saturated carbocycles. The molecule has 7 nitrogen and oxygen atoms in total. The zero-order valence-corrected chi connectivity index (χ0v) is 19.6. The van der Waals surface area contributed by atoms with Crippen molar-refractivity contribution in [1.82, 2.24) is 0 Å². The lowest BCUT2D eigenvalue weighted by Gasteiger charge is -2.17. The quantitative estimate of drug-likeness (QED) is 0.398. The van der Waals surface area contributed by atoms with E-state index in [1.165, 1.54) is 27.4 Å². The average molecular weight is 490 g/mol. The summed E-state index contributed by atoms with van der Waals surface area (Å²) in [5.74, 6) is -0.251. The highest BCUT2D eigenvalue weighted by Crippen LogP contribution is 2.37. The van der Waals surface area contributed by atoms with Gasteiger partial charge in [-0.2, -0.15) is 0 Å². The second-order valence-electron chi connectivity index (χ2n) is 6.71. The van der Waals surface area contributed by atoms with Gasteiger partial charge in [0.25, 0.3) is 5.91 Å². The Hall–Kier alpha value is -3.56. The number of nitrogens with two attached hydrogens (primary N) is 1. The smallest absolute Gasteiger partial charge is 0.251 e. The SMILES string of the molecule is COc1cc(OC)c(NC(=S)Nc2ccc(-c3cccc(C(N)=O)c3F)c(OC)c2)cc1Cl. The van der Waals surface area contributed by atoms with Gasteiger partial charge in [-0.1, -0.05) is 23.7 Å². The molecule has 33 heavy (non-hydrogen) atoms. The molecular formula is C23H21ClFN3O4S. The fourth-order valence-electron chi connectivity index (χ4n) is 3.16. The molecule has 0 unspecified atom stereocenters. The Morgan fingerprint density at radius 3 is 2.27 bits per heavy atom. The number of ether oxygens (including phenoxy) is 3. The van der Waals surface area contributed by atoms with Crippen LogP contribution in [0, 0.1) is 5.82 Å². The van der Waals surface area contributed by atoms with Crippen LogP contribution in [-0.4, -0.2) is 32.3 Å². The molecule has 0 radical (unpaired) electrons. The molecule has 0 aromatic heterocycles. The van der Waals surface area contributed by atoms with Gasteiger partial charge in [0.05, 0.1) is 37.6 Å². The lowest BCUT2D eigenvalue weighted by Crippen LogP contribution is -2.19. The lowest BCUT2D eigenvalue weighted by atomic mass is 10.0. The molecule has 0 aliphatic heterocycles. The van der Waals surface area contributed by atoms with Crippen LogP contribution in [0.5, 0.6) is 17.2 Å². The molecule has 0 spiro atoms. The second-order valence-corrected chi connectivity index (χ2v) is 7.53. The van der Waals surface area contributed by atoms with E-state index in [1.54, 1.807) is 42.5 Å². The maximum Gasteiger partial charge on any atom is 0.251 e. The first-order valence-electron chi connectivity index (χ1n) is 9.55. The fraction of sp³-hybridized carbons (Fsp3) is 0.130. The summed E-state index contributed by atoms with van der Waals surface area (Å²) >= 11 is 11.6. The Kier molecular flexibility index (Phi) is 7.57. The minimum atomic E-state index is -0.850. The Labute approximate surface area is 200 Å². The number of nitrogens with one attached hydrogen (secondary N) is 2. The van der Waals surface area contributed by atoms with Crippen LogP contribution in [0.25, 0.3) is 11.1 Å². The van der Waals surface area contributed by atoms with Crippen molar-refractivity contribution in [3.05, 3.63) is 64.9 Å². The Morgan fingerprint density at radius 2 is 1.64 bits per heavy atom. The van der Waals surface area contributed by atoms with Crippen molar-refractivity contribution in [2.45, 2.75) is 0 Å². The van der Waals surface area contributed by atoms with Crippen LogP contribution >= 0.6 is 23.8 Å². The van der Waals surface area contributed by atoms with E-state index in [0.717, 1.165) is 0 Å². The maximum absolute atomic E-state index is 14.8. The second kappa shape index (κ2) is 10.4. The molecule has 172 valence electrons. The highest BCUT2D eigenvalue weighted by Gasteiger charge is 2.17. The molecule has 3 rings (SSSR count). The zero-order chi connectivity index (χ0) is 24.1. The molecule has 1 amide bonds. The summed E-state index contributed by atoms with van der Waals surface area (Å²) < 4.78 is 30.8. The summed E-state index contributed by atoms with van der Waals surface area (Å²) in [4.78, 5) is 11.5. The number of carbonyl (C=O) groups is 1. The van der Waals surface area contributed by atoms with Gasteiger partial charge in [0.15, 0.2) is 5.11 Å². The number of benzene rings is 3. The van der Waals surface area contributed by atoms with Crippen molar-refractivity contribution in [3.63, 3.8) is 0 Å². The van der Waals surface area contributed by atoms with Gasteiger partial charge in [-0.15, -0.1) is 0 Å². The molecule has 3 aromatic rings. The molecule has 0 bridgehead atoms. The number of rotatable bonds is 7. The average Bonchev–Trinajstić information content (AvgIpc) is 2.79. The van der Waals surface area contributed by atoms with Crippen LogP contribution in [0.15, 0.2) is 48.5 Å². The predicted octanol–water partition coefficient (Wildman–Crippen LogP) is 5.08. The van der Waals surface area contributed by atoms with Crippen molar-refractivity contribution in [2.75, 3.05) is 32.0 Å². The van der Waals surface area contributed by atoms with E-state index in [0.29, 0.717) is 39.2 Å². The Bertz CT molecular complexity index is 1220. The van der Waals surface area contributed by atoms with Gasteiger partial charge in [-0.25, -0.2) is 4.39 Å². The van der Waals surface area contributed by atoms with E-state index >= 15 is 0 Å². The van der Waals surface area contributed by atoms with Crippen LogP contribution < -0.4 is 30.6 Å². The van der Waals surface area contributed by atoms with Crippen LogP contribution in [0.2, 0.25) is 5.02 Å². The highest BCUT2D eigenvalue weighted by molar-refractivity contribution is 7.80. The van der Waals surface area contributed by atoms with E-state index in [9.17, 15) is 9.18 Å². The summed E-state index contributed by atoms with van der Waals surface area (Å²) in [6.45, 7) is 0. The highest BCUT2D eigenvalue weighted by atomic mass is 35.5. The molecule has 4 N–H and O–H groups in total. The zero-order valence-electron chi connectivity index (χ0n) is 18.0. The van der Waals surface area contributed by atoms with E-state index in [4.69, 9.17) is 43.8 Å². The van der Waals surface area contributed by atoms with Crippen molar-refractivity contribution in [2.24, 2.45) is 5.73 Å². The van der Waals surface area contributed by atoms with Crippen LogP contribution in [0.4, 0.5) is 15.8 Å². The molecule has 0 fully saturated rings. The monoisotopic (exact) mass is 489 g/mol. The summed E-state index contributed by atoms with van der Waals surface area (Å²) in [6.07, 6.45) is 0. The van der Waals surface area contributed by atoms with Crippen molar-refractivity contribution >= 4 is 46.2 Å². The van der Waals surface area contributed by atoms with Gasteiger partial charge >= 0.3 is 0 Å².